The summed E-state index contributed by atoms with van der Waals surface area (Å²) >= 11 is 1.63. The number of hydrogen-bond donors (Lipinski definition) is 2. The number of aromatic nitrogens is 1. The Balaban J connectivity index is 1.62. The lowest BCUT2D eigenvalue weighted by Gasteiger charge is -2.40. The van der Waals surface area contributed by atoms with Gasteiger partial charge in [0.05, 0.1) is 39.2 Å². The van der Waals surface area contributed by atoms with Crippen molar-refractivity contribution in [1.29, 1.82) is 0 Å². The molecular weight excluding hydrogens is 422 g/mol. The molecule has 6 heteroatoms. The molecule has 164 valence electrons. The smallest absolute Gasteiger partial charge is 0.336 e. The van der Waals surface area contributed by atoms with Crippen molar-refractivity contribution in [3.63, 3.8) is 0 Å². The van der Waals surface area contributed by atoms with Gasteiger partial charge in [-0.3, -0.25) is 0 Å². The van der Waals surface area contributed by atoms with Crippen LogP contribution in [0.3, 0.4) is 0 Å². The van der Waals surface area contributed by atoms with Gasteiger partial charge >= 0.3 is 5.97 Å². The highest BCUT2D eigenvalue weighted by Crippen LogP contribution is 2.41. The molecule has 5 nitrogen and oxygen atoms in total. The Morgan fingerprint density at radius 1 is 1.22 bits per heavy atom. The maximum atomic E-state index is 12.3. The average molecular weight is 448 g/mol. The van der Waals surface area contributed by atoms with Crippen molar-refractivity contribution in [2.75, 3.05) is 6.61 Å². The molecule has 0 radical (unpaired) electrons. The zero-order chi connectivity index (χ0) is 22.6. The summed E-state index contributed by atoms with van der Waals surface area (Å²) in [5.74, 6) is -0.204. The van der Waals surface area contributed by atoms with Crippen LogP contribution in [0, 0.1) is 19.8 Å². The second kappa shape index (κ2) is 7.57. The van der Waals surface area contributed by atoms with Gasteiger partial charge in [-0.15, -0.1) is 11.3 Å². The van der Waals surface area contributed by atoms with Gasteiger partial charge < -0.3 is 14.9 Å². The fourth-order valence-electron chi connectivity index (χ4n) is 4.78. The highest BCUT2D eigenvalue weighted by atomic mass is 32.1. The van der Waals surface area contributed by atoms with Crippen LogP contribution in [-0.2, 0) is 0 Å². The van der Waals surface area contributed by atoms with E-state index in [1.54, 1.807) is 17.4 Å². The maximum Gasteiger partial charge on any atom is 0.336 e. The molecule has 2 aromatic heterocycles. The molecule has 1 saturated carbocycles. The molecule has 5 rings (SSSR count). The zero-order valence-electron chi connectivity index (χ0n) is 18.3. The van der Waals surface area contributed by atoms with Crippen LogP contribution in [-0.4, -0.2) is 33.4 Å². The molecule has 0 amide bonds. The van der Waals surface area contributed by atoms with E-state index in [4.69, 9.17) is 9.72 Å². The fourth-order valence-corrected chi connectivity index (χ4v) is 5.95. The van der Waals surface area contributed by atoms with E-state index in [2.05, 4.69) is 19.1 Å². The molecule has 0 spiro atoms. The number of aromatic carboxylic acids is 1. The molecule has 0 unspecified atom stereocenters. The van der Waals surface area contributed by atoms with Gasteiger partial charge in [0.1, 0.15) is 5.75 Å². The number of benzene rings is 2. The molecule has 2 heterocycles. The molecule has 4 aromatic rings. The first-order chi connectivity index (χ1) is 15.2. The average Bonchev–Trinajstić information content (AvgIpc) is 3.08. The summed E-state index contributed by atoms with van der Waals surface area (Å²) in [4.78, 5) is 18.2. The van der Waals surface area contributed by atoms with E-state index in [1.807, 2.05) is 38.1 Å². The first-order valence-corrected chi connectivity index (χ1v) is 11.6. The summed E-state index contributed by atoms with van der Waals surface area (Å²) in [6.07, 6.45) is 1.38. The van der Waals surface area contributed by atoms with E-state index >= 15 is 0 Å². The summed E-state index contributed by atoms with van der Waals surface area (Å²) in [7, 11) is 0. The first kappa shape index (κ1) is 20.9. The third kappa shape index (κ3) is 3.53. The van der Waals surface area contributed by atoms with E-state index in [0.29, 0.717) is 41.8 Å². The molecule has 2 aromatic carbocycles. The minimum Gasteiger partial charge on any atom is -0.493 e. The molecular formula is C26H25NO4S. The predicted octanol–water partition coefficient (Wildman–Crippen LogP) is 5.97. The minimum atomic E-state index is -1.00. The minimum absolute atomic E-state index is 0.196. The highest BCUT2D eigenvalue weighted by Gasteiger charge is 2.38. The highest BCUT2D eigenvalue weighted by molar-refractivity contribution is 7.22. The van der Waals surface area contributed by atoms with Crippen LogP contribution in [0.15, 0.2) is 42.5 Å². The third-order valence-electron chi connectivity index (χ3n) is 6.36. The van der Waals surface area contributed by atoms with Crippen molar-refractivity contribution in [2.45, 2.75) is 39.2 Å². The first-order valence-electron chi connectivity index (χ1n) is 10.7. The zero-order valence-corrected chi connectivity index (χ0v) is 19.1. The van der Waals surface area contributed by atoms with E-state index in [9.17, 15) is 15.0 Å². The number of carboxylic acids is 1. The van der Waals surface area contributed by atoms with E-state index in [-0.39, 0.29) is 11.5 Å². The number of nitrogens with zero attached hydrogens (tertiary/aromatic N) is 1. The van der Waals surface area contributed by atoms with Crippen LogP contribution in [0.1, 0.15) is 41.3 Å². The molecule has 32 heavy (non-hydrogen) atoms. The van der Waals surface area contributed by atoms with Crippen LogP contribution in [0.25, 0.3) is 31.6 Å². The lowest BCUT2D eigenvalue weighted by Crippen LogP contribution is -2.43. The molecule has 0 bridgehead atoms. The molecule has 1 fully saturated rings. The van der Waals surface area contributed by atoms with Gasteiger partial charge in [-0.05, 0) is 74.2 Å². The molecule has 0 atom stereocenters. The number of fused-ring (bicyclic) bond motifs is 2. The van der Waals surface area contributed by atoms with Gasteiger partial charge in [-0.25, -0.2) is 9.78 Å². The monoisotopic (exact) mass is 447 g/mol. The molecule has 0 aliphatic heterocycles. The fraction of sp³-hybridized carbons (Fsp3) is 0.308. The Kier molecular flexibility index (Phi) is 4.95. The molecule has 2 N–H and O–H groups in total. The largest absolute Gasteiger partial charge is 0.493 e. The second-order valence-electron chi connectivity index (χ2n) is 9.10. The molecule has 1 aliphatic carbocycles. The lowest BCUT2D eigenvalue weighted by molar-refractivity contribution is -0.0689. The SMILES string of the molecule is Cc1c(-c2cc(C(=O)O)c3c(OCC4CC(C)(O)C4)ccc(C)c3n2)sc2ccccc12. The summed E-state index contributed by atoms with van der Waals surface area (Å²) in [6, 6.07) is 13.6. The van der Waals surface area contributed by atoms with E-state index in [1.165, 1.54) is 0 Å². The number of aliphatic hydroxyl groups is 1. The summed E-state index contributed by atoms with van der Waals surface area (Å²) < 4.78 is 7.22. The van der Waals surface area contributed by atoms with Crippen molar-refractivity contribution < 1.29 is 19.7 Å². The van der Waals surface area contributed by atoms with E-state index < -0.39 is 11.6 Å². The Hall–Kier alpha value is -2.96. The molecule has 1 aliphatic rings. The van der Waals surface area contributed by atoms with Gasteiger partial charge in [-0.1, -0.05) is 24.3 Å². The van der Waals surface area contributed by atoms with Gasteiger partial charge in [0.25, 0.3) is 0 Å². The number of carboxylic acid groups (broad SMARTS) is 1. The number of pyridine rings is 1. The van der Waals surface area contributed by atoms with Gasteiger partial charge in [0.15, 0.2) is 0 Å². The summed E-state index contributed by atoms with van der Waals surface area (Å²) in [5, 5.41) is 21.7. The third-order valence-corrected chi connectivity index (χ3v) is 7.66. The van der Waals surface area contributed by atoms with Crippen LogP contribution >= 0.6 is 11.3 Å². The van der Waals surface area contributed by atoms with Crippen molar-refractivity contribution in [1.82, 2.24) is 4.98 Å². The maximum absolute atomic E-state index is 12.3. The number of hydrogen-bond acceptors (Lipinski definition) is 5. The number of rotatable bonds is 5. The predicted molar refractivity (Wildman–Crippen MR) is 128 cm³/mol. The van der Waals surface area contributed by atoms with Gasteiger partial charge in [0, 0.05) is 4.70 Å². The Labute approximate surface area is 190 Å². The van der Waals surface area contributed by atoms with Crippen LogP contribution in [0.5, 0.6) is 5.75 Å². The second-order valence-corrected chi connectivity index (χ2v) is 10.2. The van der Waals surface area contributed by atoms with Crippen molar-refractivity contribution in [3.8, 4) is 16.3 Å². The quantitative estimate of drug-likeness (QED) is 0.394. The van der Waals surface area contributed by atoms with Crippen LogP contribution < -0.4 is 4.74 Å². The Bertz CT molecular complexity index is 1360. The standard InChI is InChI=1S/C26H25NO4S/c1-14-8-9-20(31-13-16-11-26(3,30)12-16)22-18(25(28)29)10-19(27-23(14)22)24-15(2)17-6-4-5-7-21(17)32-24/h4-10,16,30H,11-13H2,1-3H3,(H,28,29). The van der Waals surface area contributed by atoms with Crippen molar-refractivity contribution in [2.24, 2.45) is 5.92 Å². The number of carbonyl (C=O) groups is 1. The van der Waals surface area contributed by atoms with E-state index in [0.717, 1.165) is 26.1 Å². The Morgan fingerprint density at radius 3 is 2.66 bits per heavy atom. The van der Waals surface area contributed by atoms with Crippen molar-refractivity contribution in [3.05, 3.63) is 59.2 Å². The topological polar surface area (TPSA) is 79.7 Å². The normalized spacial score (nSPS) is 20.4. The summed E-state index contributed by atoms with van der Waals surface area (Å²) in [6.45, 7) is 6.27. The van der Waals surface area contributed by atoms with Gasteiger partial charge in [0.2, 0.25) is 0 Å². The number of aryl methyl sites for hydroxylation is 2. The summed E-state index contributed by atoms with van der Waals surface area (Å²) in [5.41, 5.74) is 2.91. The lowest BCUT2D eigenvalue weighted by atomic mass is 9.73. The van der Waals surface area contributed by atoms with Gasteiger partial charge in [-0.2, -0.15) is 0 Å². The number of thiophene rings is 1. The molecule has 0 saturated heterocycles. The Morgan fingerprint density at radius 2 is 1.97 bits per heavy atom. The van der Waals surface area contributed by atoms with Crippen molar-refractivity contribution >= 4 is 38.3 Å². The van der Waals surface area contributed by atoms with Crippen LogP contribution in [0.4, 0.5) is 0 Å². The number of ether oxygens (including phenoxy) is 1. The van der Waals surface area contributed by atoms with Crippen LogP contribution in [0.2, 0.25) is 0 Å².